The van der Waals surface area contributed by atoms with Crippen molar-refractivity contribution in [1.29, 1.82) is 0 Å². The third-order valence-corrected chi connectivity index (χ3v) is 2.22. The first kappa shape index (κ1) is 13.1. The van der Waals surface area contributed by atoms with E-state index in [0.717, 1.165) is 6.07 Å². The highest BCUT2D eigenvalue weighted by Gasteiger charge is 2.34. The standard InChI is InChI=1S/C11H8F4N4/c12-8-2-1-6(5-7(8)11(13,14)15)18-9-3-4-17-10(16)19-9/h1-5H,(H3,16,17,18,19). The zero-order chi connectivity index (χ0) is 14.0. The monoisotopic (exact) mass is 272 g/mol. The molecule has 0 unspecified atom stereocenters. The van der Waals surface area contributed by atoms with Crippen LogP contribution in [0.3, 0.4) is 0 Å². The summed E-state index contributed by atoms with van der Waals surface area (Å²) >= 11 is 0. The summed E-state index contributed by atoms with van der Waals surface area (Å²) in [5.41, 5.74) is 4.03. The van der Waals surface area contributed by atoms with Gasteiger partial charge in [0.25, 0.3) is 0 Å². The highest BCUT2D eigenvalue weighted by Crippen LogP contribution is 2.33. The van der Waals surface area contributed by atoms with Gasteiger partial charge in [0.1, 0.15) is 11.6 Å². The smallest absolute Gasteiger partial charge is 0.368 e. The van der Waals surface area contributed by atoms with Crippen LogP contribution in [0.5, 0.6) is 0 Å². The van der Waals surface area contributed by atoms with Crippen molar-refractivity contribution in [3.63, 3.8) is 0 Å². The van der Waals surface area contributed by atoms with E-state index in [4.69, 9.17) is 5.73 Å². The largest absolute Gasteiger partial charge is 0.419 e. The van der Waals surface area contributed by atoms with Crippen LogP contribution in [0.4, 0.5) is 35.0 Å². The molecule has 0 fully saturated rings. The van der Waals surface area contributed by atoms with Crippen molar-refractivity contribution >= 4 is 17.5 Å². The molecule has 100 valence electrons. The molecule has 0 atom stereocenters. The number of aromatic nitrogens is 2. The number of nitrogens with zero attached hydrogens (tertiary/aromatic N) is 2. The summed E-state index contributed by atoms with van der Waals surface area (Å²) in [7, 11) is 0. The molecule has 8 heteroatoms. The molecular formula is C11H8F4N4. The number of halogens is 4. The van der Waals surface area contributed by atoms with Crippen molar-refractivity contribution < 1.29 is 17.6 Å². The van der Waals surface area contributed by atoms with Crippen molar-refractivity contribution in [2.75, 3.05) is 11.1 Å². The lowest BCUT2D eigenvalue weighted by atomic mass is 10.2. The number of anilines is 3. The molecule has 4 nitrogen and oxygen atoms in total. The van der Waals surface area contributed by atoms with Crippen molar-refractivity contribution in [1.82, 2.24) is 9.97 Å². The van der Waals surface area contributed by atoms with Gasteiger partial charge in [-0.2, -0.15) is 18.2 Å². The predicted octanol–water partition coefficient (Wildman–Crippen LogP) is 2.96. The highest BCUT2D eigenvalue weighted by molar-refractivity contribution is 5.57. The number of nitrogens with one attached hydrogen (secondary N) is 1. The van der Waals surface area contributed by atoms with Gasteiger partial charge in [0.15, 0.2) is 0 Å². The van der Waals surface area contributed by atoms with Gasteiger partial charge < -0.3 is 11.1 Å². The second kappa shape index (κ2) is 4.71. The molecule has 0 radical (unpaired) electrons. The summed E-state index contributed by atoms with van der Waals surface area (Å²) in [6, 6.07) is 3.99. The molecule has 19 heavy (non-hydrogen) atoms. The van der Waals surface area contributed by atoms with E-state index in [1.807, 2.05) is 0 Å². The first-order valence-electron chi connectivity index (χ1n) is 5.08. The second-order valence-electron chi connectivity index (χ2n) is 3.62. The molecule has 3 N–H and O–H groups in total. The van der Waals surface area contributed by atoms with Gasteiger partial charge in [0, 0.05) is 11.9 Å². The molecule has 0 aliphatic heterocycles. The van der Waals surface area contributed by atoms with Crippen LogP contribution in [-0.2, 0) is 6.18 Å². The number of nitrogen functional groups attached to an aromatic ring is 1. The summed E-state index contributed by atoms with van der Waals surface area (Å²) in [5, 5.41) is 2.59. The number of nitrogens with two attached hydrogens (primary N) is 1. The zero-order valence-electron chi connectivity index (χ0n) is 9.37. The van der Waals surface area contributed by atoms with Crippen LogP contribution >= 0.6 is 0 Å². The van der Waals surface area contributed by atoms with E-state index in [2.05, 4.69) is 15.3 Å². The van der Waals surface area contributed by atoms with Crippen LogP contribution in [0.2, 0.25) is 0 Å². The zero-order valence-corrected chi connectivity index (χ0v) is 9.37. The molecule has 0 aliphatic carbocycles. The number of hydrogen-bond acceptors (Lipinski definition) is 4. The second-order valence-corrected chi connectivity index (χ2v) is 3.62. The summed E-state index contributed by atoms with van der Waals surface area (Å²) in [4.78, 5) is 7.40. The van der Waals surface area contributed by atoms with Gasteiger partial charge >= 0.3 is 6.18 Å². The fraction of sp³-hybridized carbons (Fsp3) is 0.0909. The van der Waals surface area contributed by atoms with E-state index in [1.165, 1.54) is 18.3 Å². The molecule has 2 aromatic rings. The number of hydrogen-bond donors (Lipinski definition) is 2. The number of alkyl halides is 3. The summed E-state index contributed by atoms with van der Waals surface area (Å²) < 4.78 is 50.6. The van der Waals surface area contributed by atoms with E-state index >= 15 is 0 Å². The van der Waals surface area contributed by atoms with E-state index in [9.17, 15) is 17.6 Å². The molecular weight excluding hydrogens is 264 g/mol. The molecule has 0 bridgehead atoms. The van der Waals surface area contributed by atoms with Gasteiger partial charge in [-0.05, 0) is 24.3 Å². The molecule has 0 aliphatic rings. The fourth-order valence-electron chi connectivity index (χ4n) is 1.41. The molecule has 1 aromatic carbocycles. The van der Waals surface area contributed by atoms with Crippen LogP contribution in [0, 0.1) is 5.82 Å². The third-order valence-electron chi connectivity index (χ3n) is 2.22. The van der Waals surface area contributed by atoms with Crippen molar-refractivity contribution in [3.05, 3.63) is 41.8 Å². The summed E-state index contributed by atoms with van der Waals surface area (Å²) in [6.45, 7) is 0. The molecule has 0 spiro atoms. The Morgan fingerprint density at radius 2 is 1.89 bits per heavy atom. The lowest BCUT2D eigenvalue weighted by Gasteiger charge is -2.11. The van der Waals surface area contributed by atoms with Crippen LogP contribution in [0.15, 0.2) is 30.5 Å². The van der Waals surface area contributed by atoms with Crippen molar-refractivity contribution in [3.8, 4) is 0 Å². The quantitative estimate of drug-likeness (QED) is 0.825. The third kappa shape index (κ3) is 3.09. The van der Waals surface area contributed by atoms with Gasteiger partial charge in [-0.1, -0.05) is 0 Å². The van der Waals surface area contributed by atoms with Crippen molar-refractivity contribution in [2.24, 2.45) is 0 Å². The maximum absolute atomic E-state index is 13.1. The summed E-state index contributed by atoms with van der Waals surface area (Å²) in [5.74, 6) is -1.14. The van der Waals surface area contributed by atoms with E-state index < -0.39 is 17.6 Å². The number of benzene rings is 1. The van der Waals surface area contributed by atoms with Gasteiger partial charge in [0.05, 0.1) is 5.56 Å². The molecule has 2 rings (SSSR count). The first-order chi connectivity index (χ1) is 8.86. The lowest BCUT2D eigenvalue weighted by Crippen LogP contribution is -2.09. The SMILES string of the molecule is Nc1nccc(Nc2ccc(F)c(C(F)(F)F)c2)n1. The molecule has 1 aromatic heterocycles. The van der Waals surface area contributed by atoms with Crippen LogP contribution in [0.25, 0.3) is 0 Å². The van der Waals surface area contributed by atoms with Crippen LogP contribution in [-0.4, -0.2) is 9.97 Å². The molecule has 0 saturated carbocycles. The van der Waals surface area contributed by atoms with Gasteiger partial charge in [-0.3, -0.25) is 0 Å². The Kier molecular flexibility index (Phi) is 3.24. The molecule has 1 heterocycles. The Balaban J connectivity index is 2.32. The average Bonchev–Trinajstić information content (AvgIpc) is 2.30. The van der Waals surface area contributed by atoms with Gasteiger partial charge in [0.2, 0.25) is 5.95 Å². The Morgan fingerprint density at radius 3 is 2.53 bits per heavy atom. The van der Waals surface area contributed by atoms with Gasteiger partial charge in [-0.15, -0.1) is 0 Å². The Hall–Kier alpha value is -2.38. The van der Waals surface area contributed by atoms with Crippen LogP contribution < -0.4 is 11.1 Å². The minimum atomic E-state index is -4.76. The van der Waals surface area contributed by atoms with Gasteiger partial charge in [-0.25, -0.2) is 9.37 Å². The number of rotatable bonds is 2. The maximum atomic E-state index is 13.1. The Morgan fingerprint density at radius 1 is 1.16 bits per heavy atom. The minimum Gasteiger partial charge on any atom is -0.368 e. The molecule has 0 amide bonds. The van der Waals surface area contributed by atoms with Crippen molar-refractivity contribution in [2.45, 2.75) is 6.18 Å². The lowest BCUT2D eigenvalue weighted by molar-refractivity contribution is -0.139. The minimum absolute atomic E-state index is 0.0249. The Labute approximate surface area is 105 Å². The predicted molar refractivity (Wildman–Crippen MR) is 61.1 cm³/mol. The van der Waals surface area contributed by atoms with E-state index in [0.29, 0.717) is 6.07 Å². The fourth-order valence-corrected chi connectivity index (χ4v) is 1.41. The first-order valence-corrected chi connectivity index (χ1v) is 5.08. The maximum Gasteiger partial charge on any atom is 0.419 e. The topological polar surface area (TPSA) is 63.8 Å². The molecule has 0 saturated heterocycles. The van der Waals surface area contributed by atoms with Crippen LogP contribution in [0.1, 0.15) is 5.56 Å². The summed E-state index contributed by atoms with van der Waals surface area (Å²) in [6.07, 6.45) is -3.41. The van der Waals surface area contributed by atoms with E-state index in [1.54, 1.807) is 0 Å². The average molecular weight is 272 g/mol. The normalized spacial score (nSPS) is 11.4. The van der Waals surface area contributed by atoms with E-state index in [-0.39, 0.29) is 17.5 Å². The highest BCUT2D eigenvalue weighted by atomic mass is 19.4. The Bertz CT molecular complexity index is 597.